The maximum atomic E-state index is 12.4. The van der Waals surface area contributed by atoms with Crippen LogP contribution in [0, 0.1) is 5.92 Å². The molecular weight excluding hydrogens is 324 g/mol. The van der Waals surface area contributed by atoms with Crippen LogP contribution in [-0.4, -0.2) is 44.2 Å². The summed E-state index contributed by atoms with van der Waals surface area (Å²) in [6.45, 7) is 1.07. The van der Waals surface area contributed by atoms with Crippen molar-refractivity contribution >= 4 is 17.0 Å². The van der Waals surface area contributed by atoms with Crippen molar-refractivity contribution in [3.05, 3.63) is 36.5 Å². The Kier molecular flexibility index (Phi) is 4.36. The monoisotopic (exact) mass is 342 g/mol. The molecule has 0 radical (unpaired) electrons. The number of nitrogens with one attached hydrogen (secondary N) is 3. The molecule has 0 saturated carbocycles. The van der Waals surface area contributed by atoms with Gasteiger partial charge in [0.25, 0.3) is 0 Å². The van der Waals surface area contributed by atoms with Crippen molar-refractivity contribution in [3.8, 4) is 0 Å². The van der Waals surface area contributed by atoms with E-state index >= 15 is 0 Å². The standard InChI is InChI=1S/C15H18N8O2/c24-15(10-8-17-20-14(10)23-9-18-21-22-23)16-7-3-6-13-19-11-4-1-2-5-12(11)25-13/h1-2,4-5,9-10,14,17,20H,3,6-8H2,(H,16,24). The average molecular weight is 342 g/mol. The highest BCUT2D eigenvalue weighted by Crippen LogP contribution is 2.17. The van der Waals surface area contributed by atoms with Gasteiger partial charge in [0.15, 0.2) is 11.5 Å². The van der Waals surface area contributed by atoms with E-state index in [1.807, 2.05) is 24.3 Å². The minimum absolute atomic E-state index is 0.0458. The number of hydrogen-bond donors (Lipinski definition) is 3. The third kappa shape index (κ3) is 3.35. The Morgan fingerprint density at radius 2 is 2.32 bits per heavy atom. The molecule has 1 aromatic carbocycles. The molecule has 3 N–H and O–H groups in total. The van der Waals surface area contributed by atoms with Gasteiger partial charge in [0, 0.05) is 19.5 Å². The first-order valence-corrected chi connectivity index (χ1v) is 8.14. The Labute approximate surface area is 142 Å². The van der Waals surface area contributed by atoms with E-state index in [4.69, 9.17) is 4.42 Å². The maximum Gasteiger partial charge on any atom is 0.228 e. The fourth-order valence-corrected chi connectivity index (χ4v) is 2.88. The first-order valence-electron chi connectivity index (χ1n) is 8.14. The Bertz CT molecular complexity index is 813. The number of carbonyl (C=O) groups excluding carboxylic acids is 1. The Morgan fingerprint density at radius 1 is 1.40 bits per heavy atom. The fourth-order valence-electron chi connectivity index (χ4n) is 2.88. The summed E-state index contributed by atoms with van der Waals surface area (Å²) in [5.74, 6) is 0.356. The summed E-state index contributed by atoms with van der Waals surface area (Å²) in [7, 11) is 0. The zero-order chi connectivity index (χ0) is 17.1. The lowest BCUT2D eigenvalue weighted by molar-refractivity contribution is -0.125. The first-order chi connectivity index (χ1) is 12.3. The molecule has 0 spiro atoms. The third-order valence-electron chi connectivity index (χ3n) is 4.14. The van der Waals surface area contributed by atoms with Crippen LogP contribution in [0.5, 0.6) is 0 Å². The smallest absolute Gasteiger partial charge is 0.228 e. The second kappa shape index (κ2) is 6.95. The number of fused-ring (bicyclic) bond motifs is 1. The van der Waals surface area contributed by atoms with Crippen LogP contribution in [0.4, 0.5) is 0 Å². The molecule has 3 heterocycles. The van der Waals surface area contributed by atoms with Crippen LogP contribution in [0.25, 0.3) is 11.1 Å². The predicted molar refractivity (Wildman–Crippen MR) is 86.8 cm³/mol. The number of para-hydroxylation sites is 2. The molecule has 1 fully saturated rings. The fraction of sp³-hybridized carbons (Fsp3) is 0.400. The number of amides is 1. The van der Waals surface area contributed by atoms with Crippen molar-refractivity contribution in [1.82, 2.24) is 41.4 Å². The van der Waals surface area contributed by atoms with Gasteiger partial charge in [0.1, 0.15) is 18.0 Å². The van der Waals surface area contributed by atoms with Gasteiger partial charge in [-0.15, -0.1) is 5.10 Å². The van der Waals surface area contributed by atoms with E-state index in [2.05, 4.69) is 36.7 Å². The largest absolute Gasteiger partial charge is 0.441 e. The van der Waals surface area contributed by atoms with Crippen molar-refractivity contribution in [1.29, 1.82) is 0 Å². The molecule has 0 bridgehead atoms. The third-order valence-corrected chi connectivity index (χ3v) is 4.14. The molecule has 10 heteroatoms. The molecule has 10 nitrogen and oxygen atoms in total. The lowest BCUT2D eigenvalue weighted by Crippen LogP contribution is -2.38. The van der Waals surface area contributed by atoms with Crippen molar-refractivity contribution < 1.29 is 9.21 Å². The summed E-state index contributed by atoms with van der Waals surface area (Å²) < 4.78 is 7.20. The molecule has 25 heavy (non-hydrogen) atoms. The molecular formula is C15H18N8O2. The van der Waals surface area contributed by atoms with E-state index < -0.39 is 0 Å². The lowest BCUT2D eigenvalue weighted by atomic mass is 10.1. The van der Waals surface area contributed by atoms with Crippen LogP contribution in [0.3, 0.4) is 0 Å². The SMILES string of the molecule is O=C(NCCCc1nc2ccccc2o1)C1CNNC1n1cnnn1. The number of oxazole rings is 1. The minimum Gasteiger partial charge on any atom is -0.441 e. The number of hydrazine groups is 1. The van der Waals surface area contributed by atoms with Gasteiger partial charge in [-0.1, -0.05) is 12.1 Å². The Hall–Kier alpha value is -2.85. The van der Waals surface area contributed by atoms with Crippen LogP contribution in [0.1, 0.15) is 18.5 Å². The van der Waals surface area contributed by atoms with Crippen molar-refractivity contribution in [3.63, 3.8) is 0 Å². The van der Waals surface area contributed by atoms with Gasteiger partial charge in [-0.3, -0.25) is 10.2 Å². The van der Waals surface area contributed by atoms with E-state index in [1.54, 1.807) is 0 Å². The normalized spacial score (nSPS) is 20.2. The van der Waals surface area contributed by atoms with Crippen LogP contribution in [-0.2, 0) is 11.2 Å². The second-order valence-electron chi connectivity index (χ2n) is 5.84. The molecule has 1 aliphatic rings. The molecule has 2 atom stereocenters. The summed E-state index contributed by atoms with van der Waals surface area (Å²) in [5, 5.41) is 14.0. The highest BCUT2D eigenvalue weighted by molar-refractivity contribution is 5.79. The van der Waals surface area contributed by atoms with Crippen molar-refractivity contribution in [2.75, 3.05) is 13.1 Å². The number of benzene rings is 1. The Morgan fingerprint density at radius 3 is 3.16 bits per heavy atom. The van der Waals surface area contributed by atoms with Crippen molar-refractivity contribution in [2.24, 2.45) is 5.92 Å². The molecule has 4 rings (SSSR count). The predicted octanol–water partition coefficient (Wildman–Crippen LogP) is -0.214. The van der Waals surface area contributed by atoms with E-state index in [1.165, 1.54) is 11.0 Å². The molecule has 2 aromatic heterocycles. The van der Waals surface area contributed by atoms with E-state index in [0.717, 1.165) is 17.5 Å². The van der Waals surface area contributed by atoms with Crippen LogP contribution < -0.4 is 16.2 Å². The van der Waals surface area contributed by atoms with E-state index in [9.17, 15) is 4.79 Å². The highest BCUT2D eigenvalue weighted by Gasteiger charge is 2.34. The number of hydrogen-bond acceptors (Lipinski definition) is 8. The van der Waals surface area contributed by atoms with Gasteiger partial charge < -0.3 is 9.73 Å². The topological polar surface area (TPSA) is 123 Å². The van der Waals surface area contributed by atoms with Gasteiger partial charge in [0.2, 0.25) is 5.91 Å². The number of rotatable bonds is 6. The highest BCUT2D eigenvalue weighted by atomic mass is 16.3. The number of tetrazole rings is 1. The minimum atomic E-state index is -0.299. The molecule has 3 aromatic rings. The first kappa shape index (κ1) is 15.7. The summed E-state index contributed by atoms with van der Waals surface area (Å²) in [6, 6.07) is 7.66. The summed E-state index contributed by atoms with van der Waals surface area (Å²) in [6.07, 6.45) is 2.61. The number of carbonyl (C=O) groups is 1. The second-order valence-corrected chi connectivity index (χ2v) is 5.84. The molecule has 2 unspecified atom stereocenters. The van der Waals surface area contributed by atoms with E-state index in [0.29, 0.717) is 25.4 Å². The van der Waals surface area contributed by atoms with Gasteiger partial charge >= 0.3 is 0 Å². The zero-order valence-corrected chi connectivity index (χ0v) is 13.4. The zero-order valence-electron chi connectivity index (χ0n) is 13.4. The number of nitrogens with zero attached hydrogens (tertiary/aromatic N) is 5. The van der Waals surface area contributed by atoms with Gasteiger partial charge in [0.05, 0.1) is 5.92 Å². The van der Waals surface area contributed by atoms with Crippen LogP contribution >= 0.6 is 0 Å². The molecule has 1 amide bonds. The maximum absolute atomic E-state index is 12.4. The number of aryl methyl sites for hydroxylation is 1. The quantitative estimate of drug-likeness (QED) is 0.526. The average Bonchev–Trinajstić information content (AvgIpc) is 3.37. The summed E-state index contributed by atoms with van der Waals surface area (Å²) >= 11 is 0. The van der Waals surface area contributed by atoms with Gasteiger partial charge in [-0.05, 0) is 29.0 Å². The van der Waals surface area contributed by atoms with E-state index in [-0.39, 0.29) is 18.0 Å². The lowest BCUT2D eigenvalue weighted by Gasteiger charge is -2.17. The molecule has 130 valence electrons. The molecule has 1 aliphatic heterocycles. The Balaban J connectivity index is 1.27. The van der Waals surface area contributed by atoms with Crippen LogP contribution in [0.15, 0.2) is 35.0 Å². The van der Waals surface area contributed by atoms with Crippen molar-refractivity contribution in [2.45, 2.75) is 19.0 Å². The van der Waals surface area contributed by atoms with Gasteiger partial charge in [-0.2, -0.15) is 0 Å². The van der Waals surface area contributed by atoms with Crippen LogP contribution in [0.2, 0.25) is 0 Å². The number of aromatic nitrogens is 5. The summed E-state index contributed by atoms with van der Waals surface area (Å²) in [4.78, 5) is 16.8. The molecule has 1 saturated heterocycles. The van der Waals surface area contributed by atoms with Gasteiger partial charge in [-0.25, -0.2) is 15.1 Å². The molecule has 0 aliphatic carbocycles. The summed E-state index contributed by atoms with van der Waals surface area (Å²) in [5.41, 5.74) is 7.62.